The standard InChI is InChI=1S/C19H18BrN3O2S2/c1-2-8-25-15-7-6-11(9-14(15)20)17(24)22-19(26)23-18-13(10-21)12-4-3-5-16(12)27-18/h6-7,9H,2-5,8H2,1H3,(H2,22,23,24,26). The first kappa shape index (κ1) is 19.8. The van der Waals surface area contributed by atoms with Crippen molar-refractivity contribution >= 4 is 55.5 Å². The van der Waals surface area contributed by atoms with Crippen LogP contribution in [0.3, 0.4) is 0 Å². The molecule has 1 amide bonds. The van der Waals surface area contributed by atoms with Gasteiger partial charge in [-0.1, -0.05) is 6.92 Å². The van der Waals surface area contributed by atoms with Gasteiger partial charge in [-0.3, -0.25) is 10.1 Å². The summed E-state index contributed by atoms with van der Waals surface area (Å²) in [5, 5.41) is 16.0. The fourth-order valence-electron chi connectivity index (χ4n) is 2.89. The first-order valence-electron chi connectivity index (χ1n) is 8.62. The number of amides is 1. The molecular formula is C19H18BrN3O2S2. The number of hydrogen-bond donors (Lipinski definition) is 2. The van der Waals surface area contributed by atoms with Gasteiger partial charge in [-0.25, -0.2) is 0 Å². The summed E-state index contributed by atoms with van der Waals surface area (Å²) in [4.78, 5) is 13.7. The van der Waals surface area contributed by atoms with Crippen LogP contribution in [0.25, 0.3) is 0 Å². The van der Waals surface area contributed by atoms with Gasteiger partial charge >= 0.3 is 0 Å². The van der Waals surface area contributed by atoms with Gasteiger partial charge in [0.2, 0.25) is 0 Å². The molecule has 0 saturated carbocycles. The molecule has 0 fully saturated rings. The highest BCUT2D eigenvalue weighted by Crippen LogP contribution is 2.38. The monoisotopic (exact) mass is 463 g/mol. The van der Waals surface area contributed by atoms with E-state index in [0.29, 0.717) is 33.0 Å². The highest BCUT2D eigenvalue weighted by atomic mass is 79.9. The molecule has 1 aromatic carbocycles. The van der Waals surface area contributed by atoms with Crippen molar-refractivity contribution in [2.24, 2.45) is 0 Å². The summed E-state index contributed by atoms with van der Waals surface area (Å²) in [6.07, 6.45) is 3.92. The summed E-state index contributed by atoms with van der Waals surface area (Å²) in [5.41, 5.74) is 2.22. The Balaban J connectivity index is 1.65. The summed E-state index contributed by atoms with van der Waals surface area (Å²) in [6, 6.07) is 7.39. The number of fused-ring (bicyclic) bond motifs is 1. The normalized spacial score (nSPS) is 12.2. The molecule has 1 aliphatic carbocycles. The number of anilines is 1. The maximum Gasteiger partial charge on any atom is 0.257 e. The first-order valence-corrected chi connectivity index (χ1v) is 10.6. The van der Waals surface area contributed by atoms with Crippen LogP contribution in [0.15, 0.2) is 22.7 Å². The van der Waals surface area contributed by atoms with Crippen molar-refractivity contribution in [3.05, 3.63) is 44.2 Å². The van der Waals surface area contributed by atoms with E-state index in [-0.39, 0.29) is 11.0 Å². The van der Waals surface area contributed by atoms with Gasteiger partial charge in [0, 0.05) is 10.4 Å². The van der Waals surface area contributed by atoms with E-state index in [9.17, 15) is 10.1 Å². The second-order valence-corrected chi connectivity index (χ2v) is 8.44. The number of thiophene rings is 1. The highest BCUT2D eigenvalue weighted by Gasteiger charge is 2.23. The van der Waals surface area contributed by atoms with Crippen LogP contribution in [-0.4, -0.2) is 17.6 Å². The Morgan fingerprint density at radius 1 is 1.44 bits per heavy atom. The SMILES string of the molecule is CCCOc1ccc(C(=O)NC(=S)Nc2sc3c(c2C#N)CCC3)cc1Br. The number of thiocarbonyl (C=S) groups is 1. The number of nitrogens with zero attached hydrogens (tertiary/aromatic N) is 1. The van der Waals surface area contributed by atoms with Gasteiger partial charge in [0.1, 0.15) is 16.8 Å². The summed E-state index contributed by atoms with van der Waals surface area (Å²) >= 11 is 10.2. The lowest BCUT2D eigenvalue weighted by atomic mass is 10.1. The Morgan fingerprint density at radius 3 is 2.96 bits per heavy atom. The third-order valence-corrected chi connectivity index (χ3v) is 6.17. The molecule has 1 heterocycles. The summed E-state index contributed by atoms with van der Waals surface area (Å²) in [5.74, 6) is 0.374. The molecule has 140 valence electrons. The molecule has 0 radical (unpaired) electrons. The van der Waals surface area contributed by atoms with Gasteiger partial charge in [-0.2, -0.15) is 5.26 Å². The summed E-state index contributed by atoms with van der Waals surface area (Å²) in [7, 11) is 0. The lowest BCUT2D eigenvalue weighted by molar-refractivity contribution is 0.0977. The Morgan fingerprint density at radius 2 is 2.26 bits per heavy atom. The number of carbonyl (C=O) groups is 1. The molecule has 1 aromatic heterocycles. The number of ether oxygens (including phenoxy) is 1. The number of hydrogen-bond acceptors (Lipinski definition) is 5. The second kappa shape index (κ2) is 8.83. The zero-order valence-corrected chi connectivity index (χ0v) is 17.9. The number of carbonyl (C=O) groups excluding carboxylic acids is 1. The van der Waals surface area contributed by atoms with E-state index in [1.807, 2.05) is 6.92 Å². The van der Waals surface area contributed by atoms with Gasteiger partial charge in [-0.15, -0.1) is 11.3 Å². The van der Waals surface area contributed by atoms with Crippen molar-refractivity contribution in [2.75, 3.05) is 11.9 Å². The molecule has 1 aliphatic rings. The van der Waals surface area contributed by atoms with Gasteiger partial charge in [0.25, 0.3) is 5.91 Å². The molecule has 8 heteroatoms. The smallest absolute Gasteiger partial charge is 0.257 e. The third kappa shape index (κ3) is 4.49. The van der Waals surface area contributed by atoms with Crippen LogP contribution in [0.5, 0.6) is 5.75 Å². The largest absolute Gasteiger partial charge is 0.492 e. The first-order chi connectivity index (χ1) is 13.0. The van der Waals surface area contributed by atoms with Crippen molar-refractivity contribution in [1.82, 2.24) is 5.32 Å². The van der Waals surface area contributed by atoms with Crippen LogP contribution in [0, 0.1) is 11.3 Å². The minimum Gasteiger partial charge on any atom is -0.492 e. The molecule has 2 N–H and O–H groups in total. The molecule has 0 atom stereocenters. The quantitative estimate of drug-likeness (QED) is 0.623. The zero-order chi connectivity index (χ0) is 19.4. The lowest BCUT2D eigenvalue weighted by Gasteiger charge is -2.11. The van der Waals surface area contributed by atoms with Gasteiger partial charge in [-0.05, 0) is 77.6 Å². The number of benzene rings is 1. The van der Waals surface area contributed by atoms with E-state index < -0.39 is 0 Å². The molecule has 2 aromatic rings. The van der Waals surface area contributed by atoms with Gasteiger partial charge in [0.15, 0.2) is 5.11 Å². The Bertz CT molecular complexity index is 934. The van der Waals surface area contributed by atoms with Crippen molar-refractivity contribution in [1.29, 1.82) is 5.26 Å². The van der Waals surface area contributed by atoms with Crippen LogP contribution < -0.4 is 15.4 Å². The predicted molar refractivity (Wildman–Crippen MR) is 115 cm³/mol. The van der Waals surface area contributed by atoms with Crippen molar-refractivity contribution in [3.63, 3.8) is 0 Å². The number of aryl methyl sites for hydroxylation is 1. The average Bonchev–Trinajstić information content (AvgIpc) is 3.21. The topological polar surface area (TPSA) is 74.2 Å². The van der Waals surface area contributed by atoms with Crippen LogP contribution in [0.4, 0.5) is 5.00 Å². The Kier molecular flexibility index (Phi) is 6.47. The molecule has 5 nitrogen and oxygen atoms in total. The number of rotatable bonds is 5. The Hall–Kier alpha value is -1.95. The van der Waals surface area contributed by atoms with Crippen LogP contribution in [0.2, 0.25) is 0 Å². The van der Waals surface area contributed by atoms with Crippen molar-refractivity contribution in [2.45, 2.75) is 32.6 Å². The van der Waals surface area contributed by atoms with Crippen molar-refractivity contribution in [3.8, 4) is 11.8 Å². The van der Waals surface area contributed by atoms with E-state index in [1.165, 1.54) is 16.2 Å². The molecule has 3 rings (SSSR count). The maximum absolute atomic E-state index is 12.5. The molecule has 0 spiro atoms. The highest BCUT2D eigenvalue weighted by molar-refractivity contribution is 9.10. The molecular weight excluding hydrogens is 446 g/mol. The fourth-order valence-corrected chi connectivity index (χ4v) is 4.89. The second-order valence-electron chi connectivity index (χ2n) is 6.08. The molecule has 0 saturated heterocycles. The van der Waals surface area contributed by atoms with Crippen molar-refractivity contribution < 1.29 is 9.53 Å². The molecule has 0 bridgehead atoms. The van der Waals surface area contributed by atoms with E-state index >= 15 is 0 Å². The molecule has 0 aliphatic heterocycles. The zero-order valence-electron chi connectivity index (χ0n) is 14.7. The molecule has 27 heavy (non-hydrogen) atoms. The average molecular weight is 464 g/mol. The van der Waals surface area contributed by atoms with E-state index in [1.54, 1.807) is 18.2 Å². The summed E-state index contributed by atoms with van der Waals surface area (Å²) < 4.78 is 6.30. The number of halogens is 1. The van der Waals surface area contributed by atoms with Crippen LogP contribution >= 0.6 is 39.5 Å². The van der Waals surface area contributed by atoms with E-state index in [0.717, 1.165) is 31.2 Å². The summed E-state index contributed by atoms with van der Waals surface area (Å²) in [6.45, 7) is 2.65. The molecule has 0 unspecified atom stereocenters. The van der Waals surface area contributed by atoms with Gasteiger partial charge in [0.05, 0.1) is 16.6 Å². The minimum absolute atomic E-state index is 0.179. The van der Waals surface area contributed by atoms with Gasteiger partial charge < -0.3 is 10.1 Å². The third-order valence-electron chi connectivity index (χ3n) is 4.14. The fraction of sp³-hybridized carbons (Fsp3) is 0.316. The number of nitrogens with one attached hydrogen (secondary N) is 2. The van der Waals surface area contributed by atoms with Crippen LogP contribution in [0.1, 0.15) is 46.1 Å². The lowest BCUT2D eigenvalue weighted by Crippen LogP contribution is -2.34. The van der Waals surface area contributed by atoms with E-state index in [2.05, 4.69) is 32.6 Å². The minimum atomic E-state index is -0.321. The van der Waals surface area contributed by atoms with E-state index in [4.69, 9.17) is 17.0 Å². The Labute approximate surface area is 175 Å². The van der Waals surface area contributed by atoms with Crippen LogP contribution in [-0.2, 0) is 12.8 Å². The number of nitriles is 1. The maximum atomic E-state index is 12.5. The predicted octanol–water partition coefficient (Wildman–Crippen LogP) is 4.79.